The summed E-state index contributed by atoms with van der Waals surface area (Å²) in [6.07, 6.45) is 4.47. The zero-order valence-corrected chi connectivity index (χ0v) is 17.6. The molecular weight excluding hydrogens is 434 g/mol. The van der Waals surface area contributed by atoms with Crippen LogP contribution >= 0.6 is 11.6 Å². The van der Waals surface area contributed by atoms with E-state index in [0.717, 1.165) is 0 Å². The third-order valence-corrected chi connectivity index (χ3v) is 5.13. The van der Waals surface area contributed by atoms with Crippen LogP contribution < -0.4 is 10.3 Å². The number of ether oxygens (including phenoxy) is 1. The number of pyridine rings is 1. The van der Waals surface area contributed by atoms with E-state index in [9.17, 15) is 14.7 Å². The second-order valence-electron chi connectivity index (χ2n) is 6.96. The molecule has 0 saturated carbocycles. The third-order valence-electron chi connectivity index (χ3n) is 4.89. The first-order valence-corrected chi connectivity index (χ1v) is 9.83. The van der Waals surface area contributed by atoms with Gasteiger partial charge >= 0.3 is 5.97 Å². The molecule has 0 aliphatic heterocycles. The predicted octanol–water partition coefficient (Wildman–Crippen LogP) is 3.10. The van der Waals surface area contributed by atoms with Crippen molar-refractivity contribution in [1.29, 1.82) is 5.26 Å². The van der Waals surface area contributed by atoms with Gasteiger partial charge in [-0.05, 0) is 30.3 Å². The smallest absolute Gasteiger partial charge is 0.352 e. The lowest BCUT2D eigenvalue weighted by atomic mass is 10.1. The summed E-state index contributed by atoms with van der Waals surface area (Å²) < 4.78 is 8.80. The maximum atomic E-state index is 12.7. The number of benzene rings is 1. The molecule has 0 aliphatic rings. The van der Waals surface area contributed by atoms with Crippen LogP contribution in [0.4, 0.5) is 0 Å². The zero-order valence-electron chi connectivity index (χ0n) is 16.8. The Morgan fingerprint density at radius 3 is 2.81 bits per heavy atom. The van der Waals surface area contributed by atoms with Crippen molar-refractivity contribution >= 4 is 28.5 Å². The molecule has 0 radical (unpaired) electrons. The summed E-state index contributed by atoms with van der Waals surface area (Å²) in [5.41, 5.74) is 1.65. The van der Waals surface area contributed by atoms with E-state index in [4.69, 9.17) is 21.6 Å². The maximum absolute atomic E-state index is 12.7. The summed E-state index contributed by atoms with van der Waals surface area (Å²) in [5, 5.41) is 19.1. The highest BCUT2D eigenvalue weighted by atomic mass is 35.5. The van der Waals surface area contributed by atoms with Crippen LogP contribution in [0.25, 0.3) is 22.0 Å². The minimum Gasteiger partial charge on any atom is -0.491 e. The number of nitrogens with zero attached hydrogens (tertiary/aromatic N) is 5. The number of rotatable bonds is 6. The number of aromatic carboxylic acids is 1. The molecule has 0 saturated heterocycles. The van der Waals surface area contributed by atoms with Crippen LogP contribution in [0.1, 0.15) is 16.2 Å². The fraction of sp³-hybridized carbons (Fsp3) is 0.136. The van der Waals surface area contributed by atoms with Gasteiger partial charge < -0.3 is 14.4 Å². The zero-order chi connectivity index (χ0) is 22.8. The molecule has 0 fully saturated rings. The van der Waals surface area contributed by atoms with Crippen LogP contribution in [0.5, 0.6) is 5.75 Å². The average molecular weight is 450 g/mol. The Morgan fingerprint density at radius 1 is 1.28 bits per heavy atom. The molecule has 32 heavy (non-hydrogen) atoms. The molecule has 160 valence electrons. The van der Waals surface area contributed by atoms with Gasteiger partial charge in [-0.2, -0.15) is 5.26 Å². The van der Waals surface area contributed by atoms with Gasteiger partial charge in [0.05, 0.1) is 30.0 Å². The summed E-state index contributed by atoms with van der Waals surface area (Å²) >= 11 is 6.15. The number of carboxylic acid groups (broad SMARTS) is 1. The minimum atomic E-state index is -1.04. The number of hydrogen-bond acceptors (Lipinski definition) is 6. The molecule has 3 heterocycles. The van der Waals surface area contributed by atoms with Gasteiger partial charge in [0.2, 0.25) is 0 Å². The van der Waals surface area contributed by atoms with Gasteiger partial charge in [0.1, 0.15) is 29.8 Å². The van der Waals surface area contributed by atoms with E-state index in [1.165, 1.54) is 27.7 Å². The molecule has 0 aliphatic carbocycles. The highest BCUT2D eigenvalue weighted by molar-refractivity contribution is 6.31. The van der Waals surface area contributed by atoms with Crippen molar-refractivity contribution in [3.8, 4) is 22.9 Å². The summed E-state index contributed by atoms with van der Waals surface area (Å²) in [6, 6.07) is 9.91. The molecule has 9 nitrogen and oxygen atoms in total. The van der Waals surface area contributed by atoms with Crippen LogP contribution in [0.3, 0.4) is 0 Å². The predicted molar refractivity (Wildman–Crippen MR) is 117 cm³/mol. The normalized spacial score (nSPS) is 10.8. The standard InChI is InChI=1S/C22H16ClN5O4/c1-27-11-13(6-19(27)22(30)31)16-7-14(23)2-3-20(16)32-5-4-28-12-26-18-10-25-15(9-24)8-17(18)21(28)29/h2-3,6-8,10-12H,4-5H2,1H3,(H,30,31). The number of hydrogen-bond donors (Lipinski definition) is 1. The van der Waals surface area contributed by atoms with Crippen molar-refractivity contribution < 1.29 is 14.6 Å². The lowest BCUT2D eigenvalue weighted by Crippen LogP contribution is -2.23. The van der Waals surface area contributed by atoms with Crippen molar-refractivity contribution in [3.63, 3.8) is 0 Å². The fourth-order valence-corrected chi connectivity index (χ4v) is 3.49. The van der Waals surface area contributed by atoms with Gasteiger partial charge in [-0.3, -0.25) is 9.36 Å². The molecule has 10 heteroatoms. The van der Waals surface area contributed by atoms with E-state index in [1.807, 2.05) is 6.07 Å². The first kappa shape index (κ1) is 21.1. The van der Waals surface area contributed by atoms with Crippen LogP contribution in [0.15, 0.2) is 53.8 Å². The lowest BCUT2D eigenvalue weighted by Gasteiger charge is -2.12. The minimum absolute atomic E-state index is 0.131. The number of aryl methyl sites for hydroxylation is 1. The van der Waals surface area contributed by atoms with Crippen molar-refractivity contribution in [1.82, 2.24) is 19.1 Å². The van der Waals surface area contributed by atoms with Crippen LogP contribution in [0.2, 0.25) is 5.02 Å². The SMILES string of the molecule is Cn1cc(-c2cc(Cl)ccc2OCCn2cnc3cnc(C#N)cc3c2=O)cc1C(=O)O. The molecule has 3 aromatic heterocycles. The molecule has 0 atom stereocenters. The Morgan fingerprint density at radius 2 is 2.09 bits per heavy atom. The highest BCUT2D eigenvalue weighted by Gasteiger charge is 2.15. The van der Waals surface area contributed by atoms with E-state index in [-0.39, 0.29) is 30.1 Å². The summed E-state index contributed by atoms with van der Waals surface area (Å²) in [6.45, 7) is 0.361. The number of carboxylic acids is 1. The molecular formula is C22H16ClN5O4. The number of halogens is 1. The van der Waals surface area contributed by atoms with Crippen molar-refractivity contribution in [2.75, 3.05) is 6.61 Å². The second-order valence-corrected chi connectivity index (χ2v) is 7.40. The molecule has 1 N–H and O–H groups in total. The topological polar surface area (TPSA) is 123 Å². The Bertz CT molecular complexity index is 1450. The Hall–Kier alpha value is -4.16. The van der Waals surface area contributed by atoms with E-state index in [0.29, 0.717) is 32.8 Å². The van der Waals surface area contributed by atoms with Gasteiger partial charge in [0, 0.05) is 29.4 Å². The molecule has 0 spiro atoms. The van der Waals surface area contributed by atoms with Gasteiger partial charge in [0.25, 0.3) is 5.56 Å². The monoisotopic (exact) mass is 449 g/mol. The van der Waals surface area contributed by atoms with Gasteiger partial charge in [0.15, 0.2) is 0 Å². The Labute approximate surface area is 186 Å². The first-order chi connectivity index (χ1) is 15.4. The molecule has 0 bridgehead atoms. The summed E-state index contributed by atoms with van der Waals surface area (Å²) in [7, 11) is 1.64. The van der Waals surface area contributed by atoms with Crippen LogP contribution in [0, 0.1) is 11.3 Å². The highest BCUT2D eigenvalue weighted by Crippen LogP contribution is 2.33. The van der Waals surface area contributed by atoms with E-state index in [1.54, 1.807) is 37.5 Å². The number of carbonyl (C=O) groups is 1. The molecule has 0 unspecified atom stereocenters. The number of nitriles is 1. The molecule has 4 rings (SSSR count). The van der Waals surface area contributed by atoms with Crippen LogP contribution in [-0.4, -0.2) is 36.8 Å². The summed E-state index contributed by atoms with van der Waals surface area (Å²) in [5.74, 6) is -0.545. The van der Waals surface area contributed by atoms with Crippen molar-refractivity contribution in [2.24, 2.45) is 7.05 Å². The third kappa shape index (κ3) is 4.04. The fourth-order valence-electron chi connectivity index (χ4n) is 3.31. The van der Waals surface area contributed by atoms with Crippen molar-refractivity contribution in [3.05, 3.63) is 75.8 Å². The van der Waals surface area contributed by atoms with E-state index >= 15 is 0 Å². The average Bonchev–Trinajstić information content (AvgIpc) is 3.18. The van der Waals surface area contributed by atoms with Crippen molar-refractivity contribution in [2.45, 2.75) is 6.54 Å². The molecule has 4 aromatic rings. The second kappa shape index (κ2) is 8.53. The van der Waals surface area contributed by atoms with E-state index < -0.39 is 5.97 Å². The largest absolute Gasteiger partial charge is 0.491 e. The summed E-state index contributed by atoms with van der Waals surface area (Å²) in [4.78, 5) is 32.2. The number of fused-ring (bicyclic) bond motifs is 1. The van der Waals surface area contributed by atoms with Gasteiger partial charge in [-0.1, -0.05) is 11.6 Å². The first-order valence-electron chi connectivity index (χ1n) is 9.45. The Balaban J connectivity index is 1.58. The lowest BCUT2D eigenvalue weighted by molar-refractivity contribution is 0.0686. The van der Waals surface area contributed by atoms with Crippen LogP contribution in [-0.2, 0) is 13.6 Å². The van der Waals surface area contributed by atoms with E-state index in [2.05, 4.69) is 9.97 Å². The maximum Gasteiger partial charge on any atom is 0.352 e. The van der Waals surface area contributed by atoms with Gasteiger partial charge in [-0.15, -0.1) is 0 Å². The quantitative estimate of drug-likeness (QED) is 0.479. The number of aromatic nitrogens is 4. The van der Waals surface area contributed by atoms with Gasteiger partial charge in [-0.25, -0.2) is 14.8 Å². The molecule has 1 aromatic carbocycles. The Kier molecular flexibility index (Phi) is 5.62. The molecule has 0 amide bonds.